The van der Waals surface area contributed by atoms with Crippen LogP contribution in [-0.2, 0) is 9.53 Å². The number of rotatable bonds is 1. The fourth-order valence-corrected chi connectivity index (χ4v) is 1.97. The second-order valence-electron chi connectivity index (χ2n) is 3.49. The van der Waals surface area contributed by atoms with Gasteiger partial charge in [0.2, 0.25) is 0 Å². The van der Waals surface area contributed by atoms with E-state index in [0.717, 1.165) is 0 Å². The highest BCUT2D eigenvalue weighted by Gasteiger charge is 2.25. The molecule has 1 saturated heterocycles. The van der Waals surface area contributed by atoms with Gasteiger partial charge in [0, 0.05) is 23.4 Å². The second kappa shape index (κ2) is 4.29. The highest BCUT2D eigenvalue weighted by atomic mass is 35.5. The molecule has 4 heteroatoms. The number of ketones is 1. The number of halogens is 2. The number of ether oxygens (including phenoxy) is 1. The van der Waals surface area contributed by atoms with E-state index in [1.807, 2.05) is 0 Å². The summed E-state index contributed by atoms with van der Waals surface area (Å²) in [6.45, 7) is 0.341. The minimum absolute atomic E-state index is 0.0885. The molecule has 80 valence electrons. The fraction of sp³-hybridized carbons (Fsp3) is 0.364. The van der Waals surface area contributed by atoms with Gasteiger partial charge in [-0.3, -0.25) is 4.79 Å². The van der Waals surface area contributed by atoms with Crippen LogP contribution in [0.1, 0.15) is 24.5 Å². The van der Waals surface area contributed by atoms with Crippen LogP contribution in [0.3, 0.4) is 0 Å². The minimum Gasteiger partial charge on any atom is -0.372 e. The average molecular weight is 229 g/mol. The molecule has 0 bridgehead atoms. The summed E-state index contributed by atoms with van der Waals surface area (Å²) < 4.78 is 18.8. The quantitative estimate of drug-likeness (QED) is 0.739. The van der Waals surface area contributed by atoms with Crippen LogP contribution in [0.2, 0.25) is 5.02 Å². The van der Waals surface area contributed by atoms with Gasteiger partial charge >= 0.3 is 0 Å². The van der Waals surface area contributed by atoms with Gasteiger partial charge in [0.15, 0.2) is 0 Å². The molecule has 1 fully saturated rings. The number of hydrogen-bond donors (Lipinski definition) is 0. The van der Waals surface area contributed by atoms with Crippen LogP contribution in [0.15, 0.2) is 18.2 Å². The Hall–Kier alpha value is -0.930. The molecule has 2 nitrogen and oxygen atoms in total. The van der Waals surface area contributed by atoms with Gasteiger partial charge in [-0.1, -0.05) is 17.7 Å². The minimum atomic E-state index is -0.528. The number of carbonyl (C=O) groups is 1. The Morgan fingerprint density at radius 3 is 2.93 bits per heavy atom. The maximum Gasteiger partial charge on any atom is 0.138 e. The van der Waals surface area contributed by atoms with Crippen molar-refractivity contribution in [2.75, 3.05) is 6.61 Å². The van der Waals surface area contributed by atoms with Crippen molar-refractivity contribution < 1.29 is 13.9 Å². The lowest BCUT2D eigenvalue weighted by Crippen LogP contribution is -2.20. The molecule has 2 rings (SSSR count). The van der Waals surface area contributed by atoms with Gasteiger partial charge in [-0.15, -0.1) is 0 Å². The van der Waals surface area contributed by atoms with Gasteiger partial charge in [-0.05, 0) is 12.1 Å². The molecule has 0 aliphatic carbocycles. The highest BCUT2D eigenvalue weighted by molar-refractivity contribution is 6.31. The van der Waals surface area contributed by atoms with Crippen molar-refractivity contribution in [3.8, 4) is 0 Å². The Morgan fingerprint density at radius 1 is 1.47 bits per heavy atom. The highest BCUT2D eigenvalue weighted by Crippen LogP contribution is 2.33. The average Bonchev–Trinajstić information content (AvgIpc) is 2.17. The molecule has 1 aromatic rings. The van der Waals surface area contributed by atoms with Gasteiger partial charge in [-0.2, -0.15) is 0 Å². The summed E-state index contributed by atoms with van der Waals surface area (Å²) in [5.74, 6) is -0.326. The van der Waals surface area contributed by atoms with Crippen molar-refractivity contribution in [2.45, 2.75) is 18.9 Å². The Kier molecular flexibility index (Phi) is 3.03. The molecule has 0 saturated carbocycles. The van der Waals surface area contributed by atoms with E-state index in [1.54, 1.807) is 6.07 Å². The molecule has 0 aromatic heterocycles. The van der Waals surface area contributed by atoms with E-state index >= 15 is 0 Å². The molecular formula is C11H10ClFO2. The Balaban J connectivity index is 2.32. The molecule has 1 aromatic carbocycles. The molecule has 15 heavy (non-hydrogen) atoms. The molecule has 1 aliphatic heterocycles. The summed E-state index contributed by atoms with van der Waals surface area (Å²) in [6.07, 6.45) is 0.0865. The van der Waals surface area contributed by atoms with Gasteiger partial charge in [0.05, 0.1) is 12.7 Å². The van der Waals surface area contributed by atoms with Gasteiger partial charge < -0.3 is 4.74 Å². The molecule has 1 unspecified atom stereocenters. The van der Waals surface area contributed by atoms with E-state index in [2.05, 4.69) is 0 Å². The first-order valence-corrected chi connectivity index (χ1v) is 5.13. The lowest BCUT2D eigenvalue weighted by Gasteiger charge is -2.23. The van der Waals surface area contributed by atoms with Crippen molar-refractivity contribution in [3.63, 3.8) is 0 Å². The second-order valence-corrected chi connectivity index (χ2v) is 3.89. The van der Waals surface area contributed by atoms with E-state index in [4.69, 9.17) is 16.3 Å². The first-order chi connectivity index (χ1) is 7.18. The summed E-state index contributed by atoms with van der Waals surface area (Å²) in [5, 5.41) is 0.315. The standard InChI is InChI=1S/C11H10ClFO2/c12-8-2-1-3-9(13)11(8)10-6-7(14)4-5-15-10/h1-3,10H,4-6H2. The number of Topliss-reactive ketones (excluding diaryl/α,β-unsaturated/α-hetero) is 1. The van der Waals surface area contributed by atoms with Gasteiger partial charge in [-0.25, -0.2) is 4.39 Å². The zero-order valence-electron chi connectivity index (χ0n) is 8.00. The van der Waals surface area contributed by atoms with E-state index < -0.39 is 11.9 Å². The smallest absolute Gasteiger partial charge is 0.138 e. The normalized spacial score (nSPS) is 21.7. The predicted molar refractivity (Wildman–Crippen MR) is 54.3 cm³/mol. The van der Waals surface area contributed by atoms with Crippen molar-refractivity contribution in [3.05, 3.63) is 34.6 Å². The lowest BCUT2D eigenvalue weighted by molar-refractivity contribution is -0.128. The van der Waals surface area contributed by atoms with E-state index in [1.165, 1.54) is 12.1 Å². The van der Waals surface area contributed by atoms with Crippen molar-refractivity contribution in [2.24, 2.45) is 0 Å². The molecule has 1 atom stereocenters. The molecule has 1 heterocycles. The summed E-state index contributed by atoms with van der Waals surface area (Å²) in [5.41, 5.74) is 0.298. The third-order valence-corrected chi connectivity index (χ3v) is 2.76. The summed E-state index contributed by atoms with van der Waals surface area (Å²) >= 11 is 5.88. The number of carbonyl (C=O) groups excluding carboxylic acids is 1. The van der Waals surface area contributed by atoms with E-state index in [-0.39, 0.29) is 12.2 Å². The van der Waals surface area contributed by atoms with Gasteiger partial charge in [0.25, 0.3) is 0 Å². The van der Waals surface area contributed by atoms with Crippen LogP contribution in [-0.4, -0.2) is 12.4 Å². The number of benzene rings is 1. The van der Waals surface area contributed by atoms with Crippen LogP contribution in [0.4, 0.5) is 4.39 Å². The maximum atomic E-state index is 13.5. The lowest BCUT2D eigenvalue weighted by atomic mass is 10.00. The van der Waals surface area contributed by atoms with Crippen LogP contribution in [0.5, 0.6) is 0 Å². The van der Waals surface area contributed by atoms with Crippen molar-refractivity contribution >= 4 is 17.4 Å². The molecule has 0 N–H and O–H groups in total. The number of hydrogen-bond acceptors (Lipinski definition) is 2. The van der Waals surface area contributed by atoms with Gasteiger partial charge in [0.1, 0.15) is 11.6 Å². The van der Waals surface area contributed by atoms with E-state index in [0.29, 0.717) is 23.6 Å². The summed E-state index contributed by atoms with van der Waals surface area (Å²) in [4.78, 5) is 11.2. The van der Waals surface area contributed by atoms with E-state index in [9.17, 15) is 9.18 Å². The summed E-state index contributed by atoms with van der Waals surface area (Å²) in [7, 11) is 0. The monoisotopic (exact) mass is 228 g/mol. The van der Waals surface area contributed by atoms with Crippen LogP contribution < -0.4 is 0 Å². The maximum absolute atomic E-state index is 13.5. The Bertz CT molecular complexity index is 372. The van der Waals surface area contributed by atoms with Crippen LogP contribution >= 0.6 is 11.6 Å². The SMILES string of the molecule is O=C1CCOC(c2c(F)cccc2Cl)C1. The fourth-order valence-electron chi connectivity index (χ4n) is 1.69. The Labute approximate surface area is 92.0 Å². The third kappa shape index (κ3) is 2.19. The first kappa shape index (κ1) is 10.6. The Morgan fingerprint density at radius 2 is 2.27 bits per heavy atom. The van der Waals surface area contributed by atoms with Crippen LogP contribution in [0, 0.1) is 5.82 Å². The first-order valence-electron chi connectivity index (χ1n) is 4.75. The predicted octanol–water partition coefficient (Wildman–Crippen LogP) is 2.90. The zero-order valence-corrected chi connectivity index (χ0v) is 8.76. The summed E-state index contributed by atoms with van der Waals surface area (Å²) in [6, 6.07) is 4.46. The topological polar surface area (TPSA) is 26.3 Å². The molecule has 0 amide bonds. The molecule has 0 spiro atoms. The largest absolute Gasteiger partial charge is 0.372 e. The molecule has 1 aliphatic rings. The molecular weight excluding hydrogens is 219 g/mol. The van der Waals surface area contributed by atoms with Crippen molar-refractivity contribution in [1.29, 1.82) is 0 Å². The third-order valence-electron chi connectivity index (χ3n) is 2.43. The molecule has 0 radical (unpaired) electrons. The zero-order chi connectivity index (χ0) is 10.8. The van der Waals surface area contributed by atoms with Crippen LogP contribution in [0.25, 0.3) is 0 Å². The van der Waals surface area contributed by atoms with Crippen molar-refractivity contribution in [1.82, 2.24) is 0 Å².